The summed E-state index contributed by atoms with van der Waals surface area (Å²) in [6, 6.07) is 5.80. The van der Waals surface area contributed by atoms with Gasteiger partial charge < -0.3 is 30.4 Å². The van der Waals surface area contributed by atoms with Crippen LogP contribution in [-0.2, 0) is 16.0 Å². The lowest BCUT2D eigenvalue weighted by molar-refractivity contribution is -0.128. The van der Waals surface area contributed by atoms with E-state index in [-0.39, 0.29) is 29.7 Å². The molecule has 0 radical (unpaired) electrons. The maximum atomic E-state index is 13.1. The van der Waals surface area contributed by atoms with E-state index in [1.54, 1.807) is 14.2 Å². The van der Waals surface area contributed by atoms with Crippen molar-refractivity contribution >= 4 is 5.91 Å². The predicted molar refractivity (Wildman–Crippen MR) is 165 cm³/mol. The lowest BCUT2D eigenvalue weighted by Gasteiger charge is -2.30. The van der Waals surface area contributed by atoms with Gasteiger partial charge in [-0.05, 0) is 68.1 Å². The molecule has 7 nitrogen and oxygen atoms in total. The molecule has 232 valence electrons. The molecule has 0 bridgehead atoms. The van der Waals surface area contributed by atoms with Gasteiger partial charge in [0.05, 0.1) is 19.8 Å². The van der Waals surface area contributed by atoms with Gasteiger partial charge in [0.25, 0.3) is 0 Å². The van der Waals surface area contributed by atoms with Crippen LogP contribution >= 0.6 is 0 Å². The van der Waals surface area contributed by atoms with E-state index < -0.39 is 12.1 Å². The van der Waals surface area contributed by atoms with Crippen molar-refractivity contribution in [3.05, 3.63) is 23.8 Å². The smallest absolute Gasteiger partial charge is 0.223 e. The van der Waals surface area contributed by atoms with Gasteiger partial charge in [0.2, 0.25) is 5.91 Å². The third-order valence-corrected chi connectivity index (χ3v) is 8.00. The Balaban J connectivity index is 2.79. The number of hydrogen-bond acceptors (Lipinski definition) is 6. The first-order chi connectivity index (χ1) is 19.0. The highest BCUT2D eigenvalue weighted by Crippen LogP contribution is 2.32. The van der Waals surface area contributed by atoms with Crippen LogP contribution in [0.3, 0.4) is 0 Å². The van der Waals surface area contributed by atoms with Crippen LogP contribution in [0.25, 0.3) is 0 Å². The Bertz CT molecular complexity index is 816. The van der Waals surface area contributed by atoms with Crippen LogP contribution in [0.4, 0.5) is 0 Å². The van der Waals surface area contributed by atoms with E-state index in [9.17, 15) is 9.90 Å². The number of carbonyl (C=O) groups is 1. The van der Waals surface area contributed by atoms with Crippen LogP contribution in [0.5, 0.6) is 11.5 Å². The van der Waals surface area contributed by atoms with Crippen LogP contribution in [-0.4, -0.2) is 56.6 Å². The number of rotatable bonds is 22. The lowest BCUT2D eigenvalue weighted by Crippen LogP contribution is -2.44. The van der Waals surface area contributed by atoms with Gasteiger partial charge in [0.1, 0.15) is 0 Å². The fraction of sp³-hybridized carbons (Fsp3) is 0.788. The first-order valence-corrected chi connectivity index (χ1v) is 15.6. The van der Waals surface area contributed by atoms with Crippen LogP contribution in [0.15, 0.2) is 18.2 Å². The third kappa shape index (κ3) is 13.7. The first-order valence-electron chi connectivity index (χ1n) is 15.6. The quantitative estimate of drug-likeness (QED) is 0.146. The number of ether oxygens (including phenoxy) is 3. The molecule has 1 aromatic carbocycles. The summed E-state index contributed by atoms with van der Waals surface area (Å²) in [4.78, 5) is 13.1. The number of benzene rings is 1. The Morgan fingerprint density at radius 1 is 0.950 bits per heavy atom. The van der Waals surface area contributed by atoms with Crippen molar-refractivity contribution in [1.82, 2.24) is 5.32 Å². The number of aliphatic hydroxyl groups excluding tert-OH is 1. The second-order valence-electron chi connectivity index (χ2n) is 12.2. The molecule has 1 amide bonds. The molecule has 7 heteroatoms. The maximum Gasteiger partial charge on any atom is 0.223 e. The first kappa shape index (κ1) is 36.2. The summed E-state index contributed by atoms with van der Waals surface area (Å²) in [5, 5.41) is 14.3. The van der Waals surface area contributed by atoms with Gasteiger partial charge in [-0.15, -0.1) is 0 Å². The fourth-order valence-corrected chi connectivity index (χ4v) is 5.16. The zero-order chi connectivity index (χ0) is 30.1. The number of aliphatic hydroxyl groups is 1. The molecule has 1 aromatic rings. The molecule has 0 fully saturated rings. The van der Waals surface area contributed by atoms with Gasteiger partial charge >= 0.3 is 0 Å². The largest absolute Gasteiger partial charge is 0.493 e. The zero-order valence-corrected chi connectivity index (χ0v) is 26.7. The van der Waals surface area contributed by atoms with Crippen molar-refractivity contribution in [3.63, 3.8) is 0 Å². The summed E-state index contributed by atoms with van der Waals surface area (Å²) < 4.78 is 16.6. The number of methoxy groups -OCH3 is 2. The Kier molecular flexibility index (Phi) is 18.2. The lowest BCUT2D eigenvalue weighted by atomic mass is 9.80. The number of nitrogens with one attached hydrogen (secondary N) is 1. The molecule has 40 heavy (non-hydrogen) atoms. The summed E-state index contributed by atoms with van der Waals surface area (Å²) in [7, 11) is 3.33. The highest BCUT2D eigenvalue weighted by atomic mass is 16.5. The van der Waals surface area contributed by atoms with Gasteiger partial charge in [0, 0.05) is 38.1 Å². The Morgan fingerprint density at radius 3 is 2.27 bits per heavy atom. The van der Waals surface area contributed by atoms with Crippen LogP contribution in [0, 0.1) is 23.7 Å². The van der Waals surface area contributed by atoms with E-state index >= 15 is 0 Å². The third-order valence-electron chi connectivity index (χ3n) is 8.00. The van der Waals surface area contributed by atoms with Crippen molar-refractivity contribution in [2.45, 2.75) is 118 Å². The number of nitrogens with two attached hydrogens (primary N) is 1. The van der Waals surface area contributed by atoms with E-state index in [1.807, 2.05) is 26.0 Å². The molecule has 0 saturated heterocycles. The number of amides is 1. The highest BCUT2D eigenvalue weighted by molar-refractivity contribution is 5.79. The fourth-order valence-electron chi connectivity index (χ4n) is 5.16. The minimum Gasteiger partial charge on any atom is -0.493 e. The highest BCUT2D eigenvalue weighted by Gasteiger charge is 2.30. The van der Waals surface area contributed by atoms with E-state index in [1.165, 1.54) is 19.3 Å². The number of carbonyl (C=O) groups excluding carboxylic acids is 1. The van der Waals surface area contributed by atoms with E-state index in [4.69, 9.17) is 19.9 Å². The van der Waals surface area contributed by atoms with E-state index in [0.29, 0.717) is 37.7 Å². The van der Waals surface area contributed by atoms with Gasteiger partial charge in [-0.25, -0.2) is 0 Å². The van der Waals surface area contributed by atoms with Gasteiger partial charge in [-0.2, -0.15) is 0 Å². The standard InChI is InChI=1S/C33H60N2O5/c1-9-10-11-12-14-25(6)35-33(37)28(24(4)5)22-30(36)29(34)21-27(23(2)3)19-26-15-16-31(39-8)32(20-26)40-18-13-17-38-7/h15-16,20,23-25,27-30,36H,9-14,17-19,21-22,34H2,1-8H3,(H,35,37)/t25?,27?,28?,29?,30-/m0/s1. The molecule has 0 saturated carbocycles. The number of unbranched alkanes of at least 4 members (excludes halogenated alkanes) is 3. The Morgan fingerprint density at radius 2 is 1.68 bits per heavy atom. The Hall–Kier alpha value is -1.83. The summed E-state index contributed by atoms with van der Waals surface area (Å²) in [5.74, 6) is 1.97. The second-order valence-corrected chi connectivity index (χ2v) is 12.2. The minimum atomic E-state index is -0.741. The monoisotopic (exact) mass is 564 g/mol. The van der Waals surface area contributed by atoms with E-state index in [0.717, 1.165) is 37.0 Å². The summed E-state index contributed by atoms with van der Waals surface area (Å²) in [6.45, 7) is 14.0. The number of hydrogen-bond donors (Lipinski definition) is 3. The van der Waals surface area contributed by atoms with Gasteiger partial charge in [-0.1, -0.05) is 66.4 Å². The molecule has 0 aliphatic heterocycles. The van der Waals surface area contributed by atoms with Crippen molar-refractivity contribution in [2.24, 2.45) is 29.4 Å². The molecular formula is C33H60N2O5. The average Bonchev–Trinajstić information content (AvgIpc) is 2.91. The molecule has 4 unspecified atom stereocenters. The van der Waals surface area contributed by atoms with Crippen LogP contribution < -0.4 is 20.5 Å². The van der Waals surface area contributed by atoms with Crippen molar-refractivity contribution in [3.8, 4) is 11.5 Å². The van der Waals surface area contributed by atoms with Gasteiger partial charge in [-0.3, -0.25) is 4.79 Å². The molecule has 1 rings (SSSR count). The molecule has 0 aromatic heterocycles. The summed E-state index contributed by atoms with van der Waals surface area (Å²) in [6.07, 6.45) is 7.69. The van der Waals surface area contributed by atoms with Crippen molar-refractivity contribution in [2.75, 3.05) is 27.4 Å². The van der Waals surface area contributed by atoms with E-state index in [2.05, 4.69) is 39.1 Å². The molecule has 0 spiro atoms. The molecule has 0 aliphatic carbocycles. The molecule has 0 heterocycles. The molecular weight excluding hydrogens is 504 g/mol. The van der Waals surface area contributed by atoms with Gasteiger partial charge in [0.15, 0.2) is 11.5 Å². The van der Waals surface area contributed by atoms with Crippen LogP contribution in [0.2, 0.25) is 0 Å². The molecule has 4 N–H and O–H groups in total. The molecule has 0 aliphatic rings. The Labute approximate surface area is 244 Å². The summed E-state index contributed by atoms with van der Waals surface area (Å²) >= 11 is 0. The average molecular weight is 565 g/mol. The molecule has 5 atom stereocenters. The maximum absolute atomic E-state index is 13.1. The van der Waals surface area contributed by atoms with Crippen molar-refractivity contribution in [1.29, 1.82) is 0 Å². The van der Waals surface area contributed by atoms with Crippen molar-refractivity contribution < 1.29 is 24.1 Å². The topological polar surface area (TPSA) is 103 Å². The predicted octanol–water partition coefficient (Wildman–Crippen LogP) is 6.14. The summed E-state index contributed by atoms with van der Waals surface area (Å²) in [5.41, 5.74) is 7.73. The SMILES string of the molecule is CCCCCCC(C)NC(=O)C(C[C@H](O)C(N)CC(Cc1ccc(OC)c(OCCCOC)c1)C(C)C)C(C)C. The second kappa shape index (κ2) is 20.1. The minimum absolute atomic E-state index is 0.0286. The zero-order valence-electron chi connectivity index (χ0n) is 26.7. The normalized spacial score (nSPS) is 15.5. The van der Waals surface area contributed by atoms with Crippen LogP contribution in [0.1, 0.15) is 98.5 Å².